The van der Waals surface area contributed by atoms with Gasteiger partial charge in [0.05, 0.1) is 12.2 Å². The Morgan fingerprint density at radius 1 is 1.04 bits per heavy atom. The fraction of sp³-hybridized carbons (Fsp3) is 0.800. The van der Waals surface area contributed by atoms with E-state index in [9.17, 15) is 19.8 Å². The third-order valence-corrected chi connectivity index (χ3v) is 4.63. The summed E-state index contributed by atoms with van der Waals surface area (Å²) in [6.45, 7) is 3.07. The first-order valence-corrected chi connectivity index (χ1v) is 9.82. The minimum absolute atomic E-state index is 0.186. The first-order chi connectivity index (χ1) is 12.4. The first kappa shape index (κ1) is 22.6. The van der Waals surface area contributed by atoms with Crippen LogP contribution in [0, 0.1) is 0 Å². The van der Waals surface area contributed by atoms with Gasteiger partial charge in [-0.15, -0.1) is 0 Å². The van der Waals surface area contributed by atoms with Crippen LogP contribution in [0.1, 0.15) is 78.1 Å². The molecule has 26 heavy (non-hydrogen) atoms. The van der Waals surface area contributed by atoms with Gasteiger partial charge in [-0.05, 0) is 32.3 Å². The summed E-state index contributed by atoms with van der Waals surface area (Å²) in [5.74, 6) is -1.13. The second kappa shape index (κ2) is 12.9. The number of cyclic esters (lactones) is 1. The van der Waals surface area contributed by atoms with Crippen molar-refractivity contribution in [2.75, 3.05) is 0 Å². The Bertz CT molecular complexity index is 448. The maximum Gasteiger partial charge on any atom is 0.330 e. The minimum atomic E-state index is -1.28. The van der Waals surface area contributed by atoms with E-state index in [4.69, 9.17) is 9.47 Å². The molecular formula is C20H34O6. The largest absolute Gasteiger partial charge is 0.460 e. The predicted octanol–water partition coefficient (Wildman–Crippen LogP) is 3.04. The Kier molecular flexibility index (Phi) is 11.2. The lowest BCUT2D eigenvalue weighted by molar-refractivity contribution is -0.153. The summed E-state index contributed by atoms with van der Waals surface area (Å²) in [6, 6.07) is 0. The van der Waals surface area contributed by atoms with Gasteiger partial charge in [0.25, 0.3) is 0 Å². The molecule has 6 heteroatoms. The molecule has 1 aliphatic rings. The zero-order valence-electron chi connectivity index (χ0n) is 16.1. The topological polar surface area (TPSA) is 93.1 Å². The van der Waals surface area contributed by atoms with Crippen molar-refractivity contribution in [3.05, 3.63) is 12.2 Å². The number of aliphatic hydroxyl groups is 2. The molecule has 150 valence electrons. The van der Waals surface area contributed by atoms with Crippen molar-refractivity contribution in [3.8, 4) is 0 Å². The Morgan fingerprint density at radius 2 is 1.58 bits per heavy atom. The molecule has 0 aromatic heterocycles. The number of rotatable bonds is 1. The van der Waals surface area contributed by atoms with E-state index < -0.39 is 30.3 Å². The van der Waals surface area contributed by atoms with Crippen LogP contribution in [-0.2, 0) is 19.1 Å². The summed E-state index contributed by atoms with van der Waals surface area (Å²) in [4.78, 5) is 23.2. The molecule has 0 unspecified atom stereocenters. The van der Waals surface area contributed by atoms with Crippen molar-refractivity contribution in [3.63, 3.8) is 0 Å². The van der Waals surface area contributed by atoms with Crippen molar-refractivity contribution < 1.29 is 29.3 Å². The standard InChI is InChI=1S/C20H34O6/c1-15-11-9-7-5-3-4-6-8-10-12-17(22)20(24)18(26-16(2)21)13-14-19(23)25-15/h13-15,17-18,20,22,24H,3-12H2,1-2H3/b14-13+/t15-,17+,18+,20-/m0/s1. The van der Waals surface area contributed by atoms with Crippen LogP contribution in [0.5, 0.6) is 0 Å². The van der Waals surface area contributed by atoms with Gasteiger partial charge in [-0.25, -0.2) is 4.79 Å². The van der Waals surface area contributed by atoms with Crippen molar-refractivity contribution in [2.24, 2.45) is 0 Å². The molecule has 6 nitrogen and oxygen atoms in total. The molecule has 1 aliphatic heterocycles. The van der Waals surface area contributed by atoms with Crippen molar-refractivity contribution in [1.29, 1.82) is 0 Å². The zero-order chi connectivity index (χ0) is 19.4. The molecule has 0 bridgehead atoms. The van der Waals surface area contributed by atoms with E-state index in [-0.39, 0.29) is 6.10 Å². The van der Waals surface area contributed by atoms with E-state index >= 15 is 0 Å². The molecule has 0 fully saturated rings. The third-order valence-electron chi connectivity index (χ3n) is 4.63. The summed E-state index contributed by atoms with van der Waals surface area (Å²) in [5.41, 5.74) is 0. The highest BCUT2D eigenvalue weighted by atomic mass is 16.6. The summed E-state index contributed by atoms with van der Waals surface area (Å²) >= 11 is 0. The number of hydrogen-bond acceptors (Lipinski definition) is 6. The van der Waals surface area contributed by atoms with Crippen molar-refractivity contribution >= 4 is 11.9 Å². The second-order valence-corrected chi connectivity index (χ2v) is 7.14. The first-order valence-electron chi connectivity index (χ1n) is 9.82. The SMILES string of the molecule is CC(=O)O[C@@H]1/C=C/C(=O)O[C@@H](C)CCCCCCCCCC[C@@H](O)[C@@H]1O. The van der Waals surface area contributed by atoms with E-state index in [1.54, 1.807) is 0 Å². The molecule has 2 N–H and O–H groups in total. The Hall–Kier alpha value is -1.40. The summed E-state index contributed by atoms with van der Waals surface area (Å²) in [5, 5.41) is 20.5. The molecule has 1 rings (SSSR count). The molecule has 4 atom stereocenters. The van der Waals surface area contributed by atoms with Crippen LogP contribution in [-0.4, -0.2) is 46.6 Å². The van der Waals surface area contributed by atoms with E-state index in [1.165, 1.54) is 32.3 Å². The van der Waals surface area contributed by atoms with E-state index in [1.807, 2.05) is 6.92 Å². The van der Waals surface area contributed by atoms with Crippen molar-refractivity contribution in [1.82, 2.24) is 0 Å². The van der Waals surface area contributed by atoms with Gasteiger partial charge < -0.3 is 19.7 Å². The molecule has 1 heterocycles. The van der Waals surface area contributed by atoms with Gasteiger partial charge in [-0.2, -0.15) is 0 Å². The minimum Gasteiger partial charge on any atom is -0.460 e. The smallest absolute Gasteiger partial charge is 0.330 e. The van der Waals surface area contributed by atoms with Crippen LogP contribution in [0.15, 0.2) is 12.2 Å². The Labute approximate surface area is 156 Å². The third kappa shape index (κ3) is 9.92. The van der Waals surface area contributed by atoms with Gasteiger partial charge in [0.15, 0.2) is 0 Å². The van der Waals surface area contributed by atoms with E-state index in [2.05, 4.69) is 0 Å². The van der Waals surface area contributed by atoms with Crippen LogP contribution >= 0.6 is 0 Å². The molecule has 0 saturated heterocycles. The summed E-state index contributed by atoms with van der Waals surface area (Å²) in [6.07, 6.45) is 8.75. The molecule has 0 amide bonds. The average Bonchev–Trinajstić information content (AvgIpc) is 2.58. The van der Waals surface area contributed by atoms with Gasteiger partial charge in [-0.3, -0.25) is 4.79 Å². The zero-order valence-corrected chi connectivity index (χ0v) is 16.1. The van der Waals surface area contributed by atoms with E-state index in [0.717, 1.165) is 44.6 Å². The van der Waals surface area contributed by atoms with Crippen LogP contribution in [0.3, 0.4) is 0 Å². The maximum atomic E-state index is 11.9. The number of aliphatic hydroxyl groups excluding tert-OH is 2. The number of ether oxygens (including phenoxy) is 2. The van der Waals surface area contributed by atoms with Gasteiger partial charge in [0.2, 0.25) is 0 Å². The summed E-state index contributed by atoms with van der Waals surface area (Å²) < 4.78 is 10.3. The van der Waals surface area contributed by atoms with Gasteiger partial charge in [0, 0.05) is 13.0 Å². The van der Waals surface area contributed by atoms with Crippen molar-refractivity contribution in [2.45, 2.75) is 102 Å². The number of esters is 2. The molecule has 0 aromatic rings. The fourth-order valence-electron chi connectivity index (χ4n) is 3.12. The monoisotopic (exact) mass is 370 g/mol. The molecular weight excluding hydrogens is 336 g/mol. The Balaban J connectivity index is 2.74. The molecule has 0 spiro atoms. The van der Waals surface area contributed by atoms with Gasteiger partial charge >= 0.3 is 11.9 Å². The molecule has 0 radical (unpaired) electrons. The maximum absolute atomic E-state index is 11.9. The highest BCUT2D eigenvalue weighted by Gasteiger charge is 2.27. The van der Waals surface area contributed by atoms with Crippen LogP contribution in [0.25, 0.3) is 0 Å². The van der Waals surface area contributed by atoms with Crippen LogP contribution < -0.4 is 0 Å². The van der Waals surface area contributed by atoms with Gasteiger partial charge in [-0.1, -0.05) is 44.9 Å². The summed E-state index contributed by atoms with van der Waals surface area (Å²) in [7, 11) is 0. The number of carbonyl (C=O) groups is 2. The van der Waals surface area contributed by atoms with Crippen LogP contribution in [0.4, 0.5) is 0 Å². The normalized spacial score (nSPS) is 31.9. The van der Waals surface area contributed by atoms with Gasteiger partial charge in [0.1, 0.15) is 12.2 Å². The molecule has 0 aromatic carbocycles. The predicted molar refractivity (Wildman–Crippen MR) is 98.4 cm³/mol. The quantitative estimate of drug-likeness (QED) is 0.689. The highest BCUT2D eigenvalue weighted by molar-refractivity contribution is 5.82. The Morgan fingerprint density at radius 3 is 2.15 bits per heavy atom. The van der Waals surface area contributed by atoms with Crippen LogP contribution in [0.2, 0.25) is 0 Å². The highest BCUT2D eigenvalue weighted by Crippen LogP contribution is 2.16. The fourth-order valence-corrected chi connectivity index (χ4v) is 3.12. The molecule has 0 aliphatic carbocycles. The lowest BCUT2D eigenvalue weighted by Crippen LogP contribution is -2.39. The molecule has 0 saturated carbocycles. The lowest BCUT2D eigenvalue weighted by atomic mass is 10.00. The number of hydrogen-bond donors (Lipinski definition) is 2. The average molecular weight is 370 g/mol. The lowest BCUT2D eigenvalue weighted by Gasteiger charge is -2.24. The second-order valence-electron chi connectivity index (χ2n) is 7.14. The van der Waals surface area contributed by atoms with E-state index in [0.29, 0.717) is 6.42 Å². The number of carbonyl (C=O) groups excluding carboxylic acids is 2.